The van der Waals surface area contributed by atoms with E-state index >= 15 is 0 Å². The highest BCUT2D eigenvalue weighted by atomic mass is 19.4. The van der Waals surface area contributed by atoms with E-state index in [2.05, 4.69) is 0 Å². The largest absolute Gasteiger partial charge is 0.393 e. The first-order valence-electron chi connectivity index (χ1n) is 3.75. The molecule has 1 fully saturated rings. The number of halogens is 3. The van der Waals surface area contributed by atoms with Gasteiger partial charge in [-0.1, -0.05) is 6.42 Å². The van der Waals surface area contributed by atoms with Crippen molar-refractivity contribution in [2.75, 3.05) is 0 Å². The van der Waals surface area contributed by atoms with Gasteiger partial charge in [-0.15, -0.1) is 0 Å². The molecule has 0 amide bonds. The van der Waals surface area contributed by atoms with Gasteiger partial charge >= 0.3 is 6.18 Å². The smallest absolute Gasteiger partial charge is 0.391 e. The lowest BCUT2D eigenvalue weighted by Gasteiger charge is -2.27. The summed E-state index contributed by atoms with van der Waals surface area (Å²) in [5.74, 6) is -1.27. The third kappa shape index (κ3) is 2.36. The molecule has 11 heavy (non-hydrogen) atoms. The summed E-state index contributed by atoms with van der Waals surface area (Å²) >= 11 is 0. The number of hydrogen-bond acceptors (Lipinski definition) is 1. The van der Waals surface area contributed by atoms with E-state index in [-0.39, 0.29) is 12.8 Å². The van der Waals surface area contributed by atoms with E-state index in [0.29, 0.717) is 12.8 Å². The first kappa shape index (κ1) is 8.84. The molecule has 0 saturated heterocycles. The van der Waals surface area contributed by atoms with Crippen molar-refractivity contribution in [3.05, 3.63) is 0 Å². The molecule has 2 atom stereocenters. The Labute approximate surface area is 63.2 Å². The summed E-state index contributed by atoms with van der Waals surface area (Å²) in [7, 11) is 0. The highest BCUT2D eigenvalue weighted by Gasteiger charge is 2.41. The van der Waals surface area contributed by atoms with E-state index in [1.807, 2.05) is 0 Å². The van der Waals surface area contributed by atoms with Crippen LogP contribution in [0.25, 0.3) is 0 Å². The minimum absolute atomic E-state index is 0.108. The fraction of sp³-hybridized carbons (Fsp3) is 1.00. The van der Waals surface area contributed by atoms with Gasteiger partial charge in [0.15, 0.2) is 0 Å². The van der Waals surface area contributed by atoms with E-state index < -0.39 is 18.2 Å². The van der Waals surface area contributed by atoms with Gasteiger partial charge in [0, 0.05) is 0 Å². The van der Waals surface area contributed by atoms with Crippen LogP contribution < -0.4 is 0 Å². The molecule has 0 spiro atoms. The topological polar surface area (TPSA) is 20.2 Å². The zero-order chi connectivity index (χ0) is 8.48. The molecule has 0 aliphatic heterocycles. The minimum atomic E-state index is -4.11. The fourth-order valence-corrected chi connectivity index (χ4v) is 1.46. The van der Waals surface area contributed by atoms with Gasteiger partial charge in [-0.2, -0.15) is 13.2 Å². The molecular weight excluding hydrogens is 157 g/mol. The van der Waals surface area contributed by atoms with Gasteiger partial charge in [-0.05, 0) is 19.3 Å². The maximum Gasteiger partial charge on any atom is 0.391 e. The predicted octanol–water partition coefficient (Wildman–Crippen LogP) is 2.10. The second-order valence-corrected chi connectivity index (χ2v) is 3.06. The van der Waals surface area contributed by atoms with Crippen LogP contribution in [-0.2, 0) is 0 Å². The molecular formula is C7H11F3O. The Morgan fingerprint density at radius 3 is 2.18 bits per heavy atom. The van der Waals surface area contributed by atoms with Gasteiger partial charge in [0.25, 0.3) is 0 Å². The highest BCUT2D eigenvalue weighted by molar-refractivity contribution is 4.76. The number of hydrogen-bond donors (Lipinski definition) is 1. The number of alkyl halides is 3. The van der Waals surface area contributed by atoms with Crippen molar-refractivity contribution < 1.29 is 18.3 Å². The number of rotatable bonds is 0. The van der Waals surface area contributed by atoms with Gasteiger partial charge in [0.05, 0.1) is 12.0 Å². The molecule has 0 aromatic rings. The van der Waals surface area contributed by atoms with Crippen LogP contribution in [0.4, 0.5) is 13.2 Å². The second kappa shape index (κ2) is 3.01. The Kier molecular flexibility index (Phi) is 2.42. The first-order valence-corrected chi connectivity index (χ1v) is 3.75. The zero-order valence-corrected chi connectivity index (χ0v) is 6.06. The fourth-order valence-electron chi connectivity index (χ4n) is 1.46. The zero-order valence-electron chi connectivity index (χ0n) is 6.06. The van der Waals surface area contributed by atoms with Crippen LogP contribution in [0.15, 0.2) is 0 Å². The second-order valence-electron chi connectivity index (χ2n) is 3.06. The average molecular weight is 168 g/mol. The van der Waals surface area contributed by atoms with Gasteiger partial charge < -0.3 is 5.11 Å². The van der Waals surface area contributed by atoms with Crippen molar-refractivity contribution in [1.29, 1.82) is 0 Å². The third-order valence-corrected chi connectivity index (χ3v) is 2.11. The van der Waals surface area contributed by atoms with E-state index in [4.69, 9.17) is 5.11 Å². The van der Waals surface area contributed by atoms with E-state index in [0.717, 1.165) is 0 Å². The van der Waals surface area contributed by atoms with Crippen LogP contribution in [-0.4, -0.2) is 17.4 Å². The third-order valence-electron chi connectivity index (χ3n) is 2.11. The quantitative estimate of drug-likeness (QED) is 0.587. The molecule has 0 bridgehead atoms. The van der Waals surface area contributed by atoms with Crippen molar-refractivity contribution >= 4 is 0 Å². The van der Waals surface area contributed by atoms with Crippen LogP contribution >= 0.6 is 0 Å². The van der Waals surface area contributed by atoms with Crippen molar-refractivity contribution in [2.45, 2.75) is 38.0 Å². The number of aliphatic hydroxyl groups excluding tert-OH is 1. The summed E-state index contributed by atoms with van der Waals surface area (Å²) in [4.78, 5) is 0. The molecule has 0 aromatic carbocycles. The van der Waals surface area contributed by atoms with Crippen LogP contribution in [0, 0.1) is 5.92 Å². The van der Waals surface area contributed by atoms with Crippen molar-refractivity contribution in [1.82, 2.24) is 0 Å². The molecule has 1 aliphatic rings. The van der Waals surface area contributed by atoms with Crippen LogP contribution in [0.5, 0.6) is 0 Å². The Hall–Kier alpha value is -0.250. The van der Waals surface area contributed by atoms with Gasteiger partial charge in [0.2, 0.25) is 0 Å². The van der Waals surface area contributed by atoms with Crippen molar-refractivity contribution in [3.8, 4) is 0 Å². The molecule has 4 heteroatoms. The van der Waals surface area contributed by atoms with Gasteiger partial charge in [-0.3, -0.25) is 0 Å². The maximum absolute atomic E-state index is 12.0. The molecule has 66 valence electrons. The highest BCUT2D eigenvalue weighted by Crippen LogP contribution is 2.37. The summed E-state index contributed by atoms with van der Waals surface area (Å²) in [6.07, 6.45) is -3.76. The molecule has 0 radical (unpaired) electrons. The van der Waals surface area contributed by atoms with E-state index in [1.54, 1.807) is 0 Å². The molecule has 1 saturated carbocycles. The Balaban J connectivity index is 2.46. The van der Waals surface area contributed by atoms with Crippen molar-refractivity contribution in [3.63, 3.8) is 0 Å². The van der Waals surface area contributed by atoms with E-state index in [9.17, 15) is 13.2 Å². The molecule has 0 aromatic heterocycles. The SMILES string of the molecule is OC1CCCC(C(F)(F)F)C1. The summed E-state index contributed by atoms with van der Waals surface area (Å²) in [5, 5.41) is 8.94. The predicted molar refractivity (Wildman–Crippen MR) is 34.0 cm³/mol. The normalized spacial score (nSPS) is 33.8. The molecule has 1 N–H and O–H groups in total. The monoisotopic (exact) mass is 168 g/mol. The van der Waals surface area contributed by atoms with E-state index in [1.165, 1.54) is 0 Å². The molecule has 1 aliphatic carbocycles. The summed E-state index contributed by atoms with van der Waals surface area (Å²) in [6, 6.07) is 0. The minimum Gasteiger partial charge on any atom is -0.393 e. The first-order chi connectivity index (χ1) is 5.00. The summed E-state index contributed by atoms with van der Waals surface area (Å²) in [6.45, 7) is 0. The average Bonchev–Trinajstić information content (AvgIpc) is 1.86. The Morgan fingerprint density at radius 1 is 1.18 bits per heavy atom. The lowest BCUT2D eigenvalue weighted by Crippen LogP contribution is -2.30. The molecule has 0 heterocycles. The standard InChI is InChI=1S/C7H11F3O/c8-7(9,10)5-2-1-3-6(11)4-5/h5-6,11H,1-4H2. The van der Waals surface area contributed by atoms with Crippen LogP contribution in [0.3, 0.4) is 0 Å². The lowest BCUT2D eigenvalue weighted by atomic mass is 9.87. The molecule has 1 nitrogen and oxygen atoms in total. The molecule has 1 rings (SSSR count). The Morgan fingerprint density at radius 2 is 1.82 bits per heavy atom. The van der Waals surface area contributed by atoms with Crippen molar-refractivity contribution in [2.24, 2.45) is 5.92 Å². The van der Waals surface area contributed by atoms with Gasteiger partial charge in [-0.25, -0.2) is 0 Å². The maximum atomic E-state index is 12.0. The number of aliphatic hydroxyl groups is 1. The summed E-state index contributed by atoms with van der Waals surface area (Å²) < 4.78 is 36.0. The van der Waals surface area contributed by atoms with Gasteiger partial charge in [0.1, 0.15) is 0 Å². The Bertz CT molecular complexity index is 132. The lowest BCUT2D eigenvalue weighted by molar-refractivity contribution is -0.189. The molecule has 2 unspecified atom stereocenters. The van der Waals surface area contributed by atoms with Crippen LogP contribution in [0.1, 0.15) is 25.7 Å². The van der Waals surface area contributed by atoms with Crippen LogP contribution in [0.2, 0.25) is 0 Å². The summed E-state index contributed by atoms with van der Waals surface area (Å²) in [5.41, 5.74) is 0.